The maximum Gasteiger partial charge on any atom is 0.242 e. The molecular weight excluding hydrogens is 326 g/mol. The highest BCUT2D eigenvalue weighted by atomic mass is 32.2. The van der Waals surface area contributed by atoms with Crippen LogP contribution in [0.3, 0.4) is 0 Å². The van der Waals surface area contributed by atoms with Gasteiger partial charge >= 0.3 is 0 Å². The van der Waals surface area contributed by atoms with Gasteiger partial charge in [-0.25, -0.2) is 8.42 Å². The second-order valence-electron chi connectivity index (χ2n) is 6.45. The zero-order chi connectivity index (χ0) is 16.9. The van der Waals surface area contributed by atoms with Crippen molar-refractivity contribution in [1.29, 1.82) is 0 Å². The van der Waals surface area contributed by atoms with Crippen LogP contribution >= 0.6 is 0 Å². The van der Waals surface area contributed by atoms with Gasteiger partial charge < -0.3 is 10.1 Å². The van der Waals surface area contributed by atoms with E-state index in [1.807, 2.05) is 24.3 Å². The van der Waals surface area contributed by atoms with E-state index in [4.69, 9.17) is 4.74 Å². The summed E-state index contributed by atoms with van der Waals surface area (Å²) in [6.07, 6.45) is 0.423. The molecule has 0 radical (unpaired) electrons. The van der Waals surface area contributed by atoms with E-state index in [1.165, 1.54) is 12.1 Å². The molecule has 2 aliphatic heterocycles. The summed E-state index contributed by atoms with van der Waals surface area (Å²) < 4.78 is 32.1. The number of carbonyl (C=O) groups excluding carboxylic acids is 1. The Morgan fingerprint density at radius 3 is 2.50 bits per heavy atom. The van der Waals surface area contributed by atoms with E-state index in [-0.39, 0.29) is 4.90 Å². The number of amides is 1. The molecule has 2 aromatic rings. The molecule has 2 aliphatic rings. The minimum atomic E-state index is -3.80. The van der Waals surface area contributed by atoms with E-state index >= 15 is 0 Å². The molecule has 2 aromatic carbocycles. The molecule has 4 rings (SSSR count). The predicted molar refractivity (Wildman–Crippen MR) is 88.4 cm³/mol. The molecule has 1 fully saturated rings. The summed E-state index contributed by atoms with van der Waals surface area (Å²) in [6.45, 7) is 1.78. The predicted octanol–water partition coefficient (Wildman–Crippen LogP) is 2.24. The molecule has 1 saturated heterocycles. The summed E-state index contributed by atoms with van der Waals surface area (Å²) in [5.41, 5.74) is -0.104. The van der Waals surface area contributed by atoms with E-state index in [1.54, 1.807) is 25.1 Å². The summed E-state index contributed by atoms with van der Waals surface area (Å²) in [6, 6.07) is 15.5. The first-order chi connectivity index (χ1) is 11.4. The maximum absolute atomic E-state index is 13.1. The number of hydrogen-bond acceptors (Lipinski definition) is 4. The molecule has 0 spiro atoms. The number of rotatable bonds is 2. The lowest BCUT2D eigenvalue weighted by atomic mass is 9.81. The Hall–Kier alpha value is -2.34. The van der Waals surface area contributed by atoms with Crippen LogP contribution in [0, 0.1) is 0 Å². The Balaban J connectivity index is 1.87. The van der Waals surface area contributed by atoms with Gasteiger partial charge in [0.2, 0.25) is 5.91 Å². The van der Waals surface area contributed by atoms with Gasteiger partial charge in [-0.15, -0.1) is 0 Å². The zero-order valence-corrected chi connectivity index (χ0v) is 13.9. The summed E-state index contributed by atoms with van der Waals surface area (Å²) in [7, 11) is -3.80. The van der Waals surface area contributed by atoms with Gasteiger partial charge in [-0.2, -0.15) is 0 Å². The quantitative estimate of drug-likeness (QED) is 0.908. The number of para-hydroxylation sites is 1. The van der Waals surface area contributed by atoms with Crippen LogP contribution < -0.4 is 10.1 Å². The fourth-order valence-electron chi connectivity index (χ4n) is 3.67. The average molecular weight is 343 g/mol. The van der Waals surface area contributed by atoms with Gasteiger partial charge in [-0.3, -0.25) is 4.79 Å². The number of nitrogens with one attached hydrogen (secondary N) is 1. The van der Waals surface area contributed by atoms with Crippen LogP contribution in [0.1, 0.15) is 24.8 Å². The van der Waals surface area contributed by atoms with E-state index < -0.39 is 32.6 Å². The van der Waals surface area contributed by atoms with Crippen molar-refractivity contribution in [3.8, 4) is 5.75 Å². The first-order valence-electron chi connectivity index (χ1n) is 7.80. The lowest BCUT2D eigenvalue weighted by molar-refractivity contribution is -0.132. The molecule has 1 amide bonds. The lowest BCUT2D eigenvalue weighted by Gasteiger charge is -2.46. The molecule has 2 bridgehead atoms. The minimum absolute atomic E-state index is 0.165. The van der Waals surface area contributed by atoms with Crippen molar-refractivity contribution in [3.63, 3.8) is 0 Å². The standard InChI is InChI=1S/C18H17NO4S/c1-18-11-14(13-9-5-6-10-15(13)23-18)16(17(20)19-18)24(21,22)12-7-3-2-4-8-12/h2-10,14,16H,11H2,1H3,(H,19,20)/t14-,16+,18-/m0/s1. The maximum atomic E-state index is 13.1. The monoisotopic (exact) mass is 343 g/mol. The van der Waals surface area contributed by atoms with Gasteiger partial charge in [0.15, 0.2) is 20.8 Å². The topological polar surface area (TPSA) is 72.5 Å². The van der Waals surface area contributed by atoms with Crippen LogP contribution in [0.5, 0.6) is 5.75 Å². The van der Waals surface area contributed by atoms with Gasteiger partial charge in [-0.1, -0.05) is 36.4 Å². The molecule has 1 N–H and O–H groups in total. The molecule has 0 saturated carbocycles. The number of benzene rings is 2. The van der Waals surface area contributed by atoms with Gasteiger partial charge in [0.1, 0.15) is 5.75 Å². The molecular formula is C18H17NO4S. The number of fused-ring (bicyclic) bond motifs is 4. The molecule has 0 aromatic heterocycles. The van der Waals surface area contributed by atoms with E-state index in [2.05, 4.69) is 5.32 Å². The van der Waals surface area contributed by atoms with E-state index in [0.29, 0.717) is 12.2 Å². The number of carbonyl (C=O) groups is 1. The van der Waals surface area contributed by atoms with Crippen molar-refractivity contribution in [3.05, 3.63) is 60.2 Å². The van der Waals surface area contributed by atoms with Crippen LogP contribution in [-0.2, 0) is 14.6 Å². The van der Waals surface area contributed by atoms with Crippen LogP contribution in [0.2, 0.25) is 0 Å². The molecule has 124 valence electrons. The normalized spacial score (nSPS) is 28.5. The summed E-state index contributed by atoms with van der Waals surface area (Å²) >= 11 is 0. The highest BCUT2D eigenvalue weighted by molar-refractivity contribution is 7.92. The third-order valence-electron chi connectivity index (χ3n) is 4.68. The lowest BCUT2D eigenvalue weighted by Crippen LogP contribution is -2.63. The van der Waals surface area contributed by atoms with Crippen molar-refractivity contribution in [2.75, 3.05) is 0 Å². The highest BCUT2D eigenvalue weighted by Crippen LogP contribution is 2.46. The van der Waals surface area contributed by atoms with E-state index in [0.717, 1.165) is 5.56 Å². The molecule has 2 heterocycles. The summed E-state index contributed by atoms with van der Waals surface area (Å²) in [5.74, 6) is -0.310. The van der Waals surface area contributed by atoms with Crippen LogP contribution in [0.15, 0.2) is 59.5 Å². The third-order valence-corrected chi connectivity index (χ3v) is 6.82. The number of piperidine rings is 1. The molecule has 0 unspecified atom stereocenters. The van der Waals surface area contributed by atoms with Gasteiger partial charge in [0, 0.05) is 12.3 Å². The van der Waals surface area contributed by atoms with Crippen molar-refractivity contribution in [1.82, 2.24) is 5.32 Å². The van der Waals surface area contributed by atoms with Crippen molar-refractivity contribution >= 4 is 15.7 Å². The smallest absolute Gasteiger partial charge is 0.242 e. The average Bonchev–Trinajstić information content (AvgIpc) is 2.54. The first-order valence-corrected chi connectivity index (χ1v) is 9.34. The Kier molecular flexibility index (Phi) is 3.22. The second kappa shape index (κ2) is 5.08. The molecule has 24 heavy (non-hydrogen) atoms. The molecule has 5 nitrogen and oxygen atoms in total. The Morgan fingerprint density at radius 2 is 1.75 bits per heavy atom. The van der Waals surface area contributed by atoms with Crippen molar-refractivity contribution in [2.45, 2.75) is 35.1 Å². The third kappa shape index (κ3) is 2.21. The SMILES string of the molecule is C[C@@]12C[C@@H](c3ccccc3O1)[C@@H](S(=O)(=O)c1ccccc1)C(=O)N2. The van der Waals surface area contributed by atoms with Gasteiger partial charge in [0.25, 0.3) is 0 Å². The second-order valence-corrected chi connectivity index (χ2v) is 8.52. The fraction of sp³-hybridized carbons (Fsp3) is 0.278. The summed E-state index contributed by atoms with van der Waals surface area (Å²) in [5, 5.41) is 1.60. The van der Waals surface area contributed by atoms with Crippen molar-refractivity contribution < 1.29 is 17.9 Å². The molecule has 0 aliphatic carbocycles. The van der Waals surface area contributed by atoms with Crippen LogP contribution in [0.25, 0.3) is 0 Å². The summed E-state index contributed by atoms with van der Waals surface area (Å²) in [4.78, 5) is 12.8. The Bertz CT molecular complexity index is 910. The minimum Gasteiger partial charge on any atom is -0.468 e. The largest absolute Gasteiger partial charge is 0.468 e. The molecule has 6 heteroatoms. The van der Waals surface area contributed by atoms with Gasteiger partial charge in [0.05, 0.1) is 4.90 Å². The number of sulfone groups is 1. The van der Waals surface area contributed by atoms with Crippen LogP contribution in [0.4, 0.5) is 0 Å². The number of hydrogen-bond donors (Lipinski definition) is 1. The van der Waals surface area contributed by atoms with E-state index in [9.17, 15) is 13.2 Å². The first kappa shape index (κ1) is 15.2. The van der Waals surface area contributed by atoms with Crippen LogP contribution in [-0.4, -0.2) is 25.3 Å². The fourth-order valence-corrected chi connectivity index (χ4v) is 5.51. The Labute approximate surface area is 140 Å². The molecule has 3 atom stereocenters. The van der Waals surface area contributed by atoms with Gasteiger partial charge in [-0.05, 0) is 30.7 Å². The Morgan fingerprint density at radius 1 is 1.08 bits per heavy atom. The zero-order valence-electron chi connectivity index (χ0n) is 13.1. The van der Waals surface area contributed by atoms with Crippen molar-refractivity contribution in [2.24, 2.45) is 0 Å². The highest BCUT2D eigenvalue weighted by Gasteiger charge is 2.53. The number of ether oxygens (including phenoxy) is 1.